The first-order valence-corrected chi connectivity index (χ1v) is 10.5. The average Bonchev–Trinajstić information content (AvgIpc) is 2.72. The fourth-order valence-corrected chi connectivity index (χ4v) is 3.79. The molecule has 0 saturated carbocycles. The van der Waals surface area contributed by atoms with Crippen LogP contribution in [0.2, 0.25) is 0 Å². The largest absolute Gasteiger partial charge is 0.444 e. The first-order chi connectivity index (χ1) is 14.3. The van der Waals surface area contributed by atoms with Gasteiger partial charge in [0.1, 0.15) is 5.60 Å². The van der Waals surface area contributed by atoms with Crippen LogP contribution in [0.25, 0.3) is 0 Å². The molecule has 1 saturated heterocycles. The Bertz CT molecular complexity index is 839. The van der Waals surface area contributed by atoms with Gasteiger partial charge in [0.25, 0.3) is 0 Å². The third-order valence-electron chi connectivity index (χ3n) is 5.42. The Hall–Kier alpha value is -2.89. The molecule has 6 nitrogen and oxygen atoms in total. The summed E-state index contributed by atoms with van der Waals surface area (Å²) in [4.78, 5) is 31.6. The third kappa shape index (κ3) is 5.81. The van der Waals surface area contributed by atoms with Gasteiger partial charge in [-0.05, 0) is 57.2 Å². The Labute approximate surface area is 178 Å². The minimum atomic E-state index is -0.553. The van der Waals surface area contributed by atoms with Crippen LogP contribution in [0.3, 0.4) is 0 Å². The number of nitrogens with zero attached hydrogens (tertiary/aromatic N) is 2. The van der Waals surface area contributed by atoms with E-state index in [1.165, 1.54) is 0 Å². The highest BCUT2D eigenvalue weighted by molar-refractivity contribution is 5.83. The molecule has 1 aliphatic rings. The van der Waals surface area contributed by atoms with Gasteiger partial charge in [0.2, 0.25) is 5.91 Å². The van der Waals surface area contributed by atoms with Gasteiger partial charge in [-0.1, -0.05) is 36.4 Å². The van der Waals surface area contributed by atoms with Gasteiger partial charge in [-0.3, -0.25) is 9.78 Å². The van der Waals surface area contributed by atoms with Gasteiger partial charge in [-0.25, -0.2) is 4.79 Å². The lowest BCUT2D eigenvalue weighted by molar-refractivity contribution is -0.134. The summed E-state index contributed by atoms with van der Waals surface area (Å²) in [6.45, 7) is 7.03. The molecule has 6 heteroatoms. The number of piperidine rings is 1. The van der Waals surface area contributed by atoms with Crippen LogP contribution in [0.1, 0.15) is 44.7 Å². The topological polar surface area (TPSA) is 71.5 Å². The first-order valence-electron chi connectivity index (χ1n) is 10.5. The molecule has 1 aromatic carbocycles. The van der Waals surface area contributed by atoms with E-state index in [4.69, 9.17) is 4.74 Å². The molecule has 1 aromatic heterocycles. The van der Waals surface area contributed by atoms with E-state index in [1.807, 2.05) is 51.1 Å². The number of ether oxygens (including phenoxy) is 1. The van der Waals surface area contributed by atoms with Crippen molar-refractivity contribution in [3.05, 3.63) is 66.0 Å². The molecule has 2 aromatic rings. The summed E-state index contributed by atoms with van der Waals surface area (Å²) in [5, 5.41) is 3.10. The van der Waals surface area contributed by atoms with Crippen molar-refractivity contribution in [3.8, 4) is 0 Å². The van der Waals surface area contributed by atoms with Gasteiger partial charge in [0.15, 0.2) is 0 Å². The molecule has 2 amide bonds. The standard InChI is InChI=1S/C24H31N3O3/c1-23(2,3)30-22(29)27-14-11-24(12-15-27,16-19-8-5-4-6-9-19)21(28)26-18-20-10-7-13-25-17-20/h4-10,13,17H,11-12,14-16,18H2,1-3H3,(H,26,28). The monoisotopic (exact) mass is 409 g/mol. The second-order valence-electron chi connectivity index (χ2n) is 8.95. The van der Waals surface area contributed by atoms with Crippen molar-refractivity contribution in [1.29, 1.82) is 0 Å². The average molecular weight is 410 g/mol. The number of rotatable bonds is 5. The van der Waals surface area contributed by atoms with Gasteiger partial charge in [-0.15, -0.1) is 0 Å². The SMILES string of the molecule is CC(C)(C)OC(=O)N1CCC(Cc2ccccc2)(C(=O)NCc2cccnc2)CC1. The van der Waals surface area contributed by atoms with Gasteiger partial charge >= 0.3 is 6.09 Å². The van der Waals surface area contributed by atoms with E-state index in [0.717, 1.165) is 11.1 Å². The lowest BCUT2D eigenvalue weighted by Crippen LogP contribution is -2.51. The summed E-state index contributed by atoms with van der Waals surface area (Å²) < 4.78 is 5.51. The second kappa shape index (κ2) is 9.28. The molecular weight excluding hydrogens is 378 g/mol. The van der Waals surface area contributed by atoms with Crippen molar-refractivity contribution in [1.82, 2.24) is 15.2 Å². The first kappa shape index (κ1) is 21.8. The minimum absolute atomic E-state index is 0.0269. The normalized spacial score (nSPS) is 16.0. The molecule has 0 radical (unpaired) electrons. The van der Waals surface area contributed by atoms with Gasteiger partial charge in [0.05, 0.1) is 5.41 Å². The minimum Gasteiger partial charge on any atom is -0.444 e. The Morgan fingerprint density at radius 3 is 2.33 bits per heavy atom. The maximum absolute atomic E-state index is 13.3. The second-order valence-corrected chi connectivity index (χ2v) is 8.95. The van der Waals surface area contributed by atoms with Crippen molar-refractivity contribution in [2.45, 2.75) is 52.2 Å². The van der Waals surface area contributed by atoms with Crippen molar-refractivity contribution >= 4 is 12.0 Å². The van der Waals surface area contributed by atoms with E-state index in [-0.39, 0.29) is 12.0 Å². The number of amides is 2. The molecule has 2 heterocycles. The van der Waals surface area contributed by atoms with E-state index in [0.29, 0.717) is 38.9 Å². The summed E-state index contributed by atoms with van der Waals surface area (Å²) in [5.41, 5.74) is 1.00. The molecule has 3 rings (SSSR count). The quantitative estimate of drug-likeness (QED) is 0.811. The summed E-state index contributed by atoms with van der Waals surface area (Å²) in [7, 11) is 0. The zero-order valence-corrected chi connectivity index (χ0v) is 18.1. The molecule has 0 aliphatic carbocycles. The number of aromatic nitrogens is 1. The van der Waals surface area contributed by atoms with Crippen LogP contribution in [-0.2, 0) is 22.5 Å². The Balaban J connectivity index is 1.71. The summed E-state index contributed by atoms with van der Waals surface area (Å²) in [6.07, 6.45) is 5.00. The summed E-state index contributed by atoms with van der Waals surface area (Å²) in [6, 6.07) is 13.9. The van der Waals surface area contributed by atoms with E-state index >= 15 is 0 Å². The van der Waals surface area contributed by atoms with Crippen LogP contribution in [0.5, 0.6) is 0 Å². The highest BCUT2D eigenvalue weighted by Gasteiger charge is 2.42. The van der Waals surface area contributed by atoms with Crippen LogP contribution < -0.4 is 5.32 Å². The van der Waals surface area contributed by atoms with E-state index < -0.39 is 11.0 Å². The van der Waals surface area contributed by atoms with Crippen LogP contribution in [0.15, 0.2) is 54.9 Å². The number of carbonyl (C=O) groups is 2. The summed E-state index contributed by atoms with van der Waals surface area (Å²) >= 11 is 0. The van der Waals surface area contributed by atoms with Gasteiger partial charge in [0, 0.05) is 32.0 Å². The molecule has 1 aliphatic heterocycles. The highest BCUT2D eigenvalue weighted by Crippen LogP contribution is 2.36. The van der Waals surface area contributed by atoms with Crippen molar-refractivity contribution in [3.63, 3.8) is 0 Å². The van der Waals surface area contributed by atoms with Gasteiger partial charge in [-0.2, -0.15) is 0 Å². The van der Waals surface area contributed by atoms with Crippen LogP contribution in [0, 0.1) is 5.41 Å². The number of likely N-dealkylation sites (tertiary alicyclic amines) is 1. The fraction of sp³-hybridized carbons (Fsp3) is 0.458. The Kier molecular flexibility index (Phi) is 6.75. The molecule has 160 valence electrons. The Morgan fingerprint density at radius 1 is 1.07 bits per heavy atom. The van der Waals surface area contributed by atoms with Crippen molar-refractivity contribution in [2.24, 2.45) is 5.41 Å². The van der Waals surface area contributed by atoms with Crippen LogP contribution >= 0.6 is 0 Å². The van der Waals surface area contributed by atoms with E-state index in [9.17, 15) is 9.59 Å². The highest BCUT2D eigenvalue weighted by atomic mass is 16.6. The number of pyridine rings is 1. The van der Waals surface area contributed by atoms with Crippen molar-refractivity contribution in [2.75, 3.05) is 13.1 Å². The van der Waals surface area contributed by atoms with E-state index in [1.54, 1.807) is 17.3 Å². The molecule has 0 spiro atoms. The van der Waals surface area contributed by atoms with Gasteiger partial charge < -0.3 is 15.0 Å². The predicted octanol–water partition coefficient (Wildman–Crippen LogP) is 3.96. The molecular formula is C24H31N3O3. The zero-order valence-electron chi connectivity index (χ0n) is 18.1. The molecule has 0 atom stereocenters. The maximum atomic E-state index is 13.3. The smallest absolute Gasteiger partial charge is 0.410 e. The van der Waals surface area contributed by atoms with Crippen LogP contribution in [-0.4, -0.2) is 40.6 Å². The van der Waals surface area contributed by atoms with E-state index in [2.05, 4.69) is 22.4 Å². The number of hydrogen-bond donors (Lipinski definition) is 1. The molecule has 0 unspecified atom stereocenters. The number of hydrogen-bond acceptors (Lipinski definition) is 4. The summed E-state index contributed by atoms with van der Waals surface area (Å²) in [5.74, 6) is 0.0269. The number of nitrogens with one attached hydrogen (secondary N) is 1. The maximum Gasteiger partial charge on any atom is 0.410 e. The fourth-order valence-electron chi connectivity index (χ4n) is 3.79. The third-order valence-corrected chi connectivity index (χ3v) is 5.42. The predicted molar refractivity (Wildman–Crippen MR) is 116 cm³/mol. The van der Waals surface area contributed by atoms with Crippen LogP contribution in [0.4, 0.5) is 4.79 Å². The molecule has 1 fully saturated rings. The molecule has 0 bridgehead atoms. The number of carbonyl (C=O) groups excluding carboxylic acids is 2. The molecule has 30 heavy (non-hydrogen) atoms. The zero-order chi connectivity index (χ0) is 21.6. The van der Waals surface area contributed by atoms with Crippen molar-refractivity contribution < 1.29 is 14.3 Å². The lowest BCUT2D eigenvalue weighted by Gasteiger charge is -2.41. The molecule has 1 N–H and O–H groups in total. The lowest BCUT2D eigenvalue weighted by atomic mass is 9.73. The number of benzene rings is 1. The Morgan fingerprint density at radius 2 is 1.73 bits per heavy atom.